The fourth-order valence-electron chi connectivity index (χ4n) is 3.36. The molecule has 0 amide bonds. The fourth-order valence-corrected chi connectivity index (χ4v) is 4.53. The van der Waals surface area contributed by atoms with Gasteiger partial charge < -0.3 is 19.7 Å². The topological polar surface area (TPSA) is 108 Å². The third kappa shape index (κ3) is 4.37. The van der Waals surface area contributed by atoms with Crippen LogP contribution in [0.3, 0.4) is 0 Å². The number of aliphatic hydroxyl groups is 2. The standard InChI is InChI=1S/C16H23ClN2O6S/c17-11-1-3-12(4-2-11)26(22,23)18-9-13-15(16(21)14(10-20)25-13)19-5-7-24-8-6-19/h1-4,13-16,18,20-21H,5-10H2/t13-,14-,15-,16+/m0/s1. The van der Waals surface area contributed by atoms with Gasteiger partial charge in [-0.2, -0.15) is 0 Å². The summed E-state index contributed by atoms with van der Waals surface area (Å²) in [5.41, 5.74) is 0. The highest BCUT2D eigenvalue weighted by Gasteiger charge is 2.46. The molecule has 0 aromatic heterocycles. The number of halogens is 1. The summed E-state index contributed by atoms with van der Waals surface area (Å²) in [5.74, 6) is 0. The summed E-state index contributed by atoms with van der Waals surface area (Å²) in [5, 5.41) is 20.4. The highest BCUT2D eigenvalue weighted by atomic mass is 35.5. The lowest BCUT2D eigenvalue weighted by Crippen LogP contribution is -2.54. The van der Waals surface area contributed by atoms with Crippen LogP contribution in [0.15, 0.2) is 29.2 Å². The van der Waals surface area contributed by atoms with Crippen molar-refractivity contribution in [2.24, 2.45) is 0 Å². The van der Waals surface area contributed by atoms with Gasteiger partial charge in [0.05, 0.1) is 36.9 Å². The van der Waals surface area contributed by atoms with Crippen LogP contribution >= 0.6 is 11.6 Å². The molecule has 4 atom stereocenters. The van der Waals surface area contributed by atoms with E-state index in [1.807, 2.05) is 4.90 Å². The van der Waals surface area contributed by atoms with Gasteiger partial charge in [-0.1, -0.05) is 11.6 Å². The van der Waals surface area contributed by atoms with Crippen molar-refractivity contribution < 1.29 is 28.1 Å². The largest absolute Gasteiger partial charge is 0.394 e. The highest BCUT2D eigenvalue weighted by molar-refractivity contribution is 7.89. The van der Waals surface area contributed by atoms with Crippen molar-refractivity contribution in [1.82, 2.24) is 9.62 Å². The molecule has 1 aromatic rings. The molecule has 2 aliphatic heterocycles. The summed E-state index contributed by atoms with van der Waals surface area (Å²) < 4.78 is 38.5. The third-order valence-electron chi connectivity index (χ3n) is 4.71. The molecule has 8 nitrogen and oxygen atoms in total. The van der Waals surface area contributed by atoms with E-state index < -0.39 is 34.4 Å². The number of hydrogen-bond donors (Lipinski definition) is 3. The van der Waals surface area contributed by atoms with Crippen molar-refractivity contribution >= 4 is 21.6 Å². The maximum Gasteiger partial charge on any atom is 0.240 e. The van der Waals surface area contributed by atoms with Gasteiger partial charge in [-0.25, -0.2) is 13.1 Å². The smallest absolute Gasteiger partial charge is 0.240 e. The molecule has 2 heterocycles. The number of sulfonamides is 1. The van der Waals surface area contributed by atoms with Gasteiger partial charge in [-0.3, -0.25) is 4.90 Å². The summed E-state index contributed by atoms with van der Waals surface area (Å²) in [6.45, 7) is 1.96. The minimum Gasteiger partial charge on any atom is -0.394 e. The number of nitrogens with one attached hydrogen (secondary N) is 1. The molecular formula is C16H23ClN2O6S. The Kier molecular flexibility index (Phi) is 6.52. The zero-order valence-corrected chi connectivity index (χ0v) is 15.7. The van der Waals surface area contributed by atoms with Crippen LogP contribution in [0, 0.1) is 0 Å². The molecule has 3 rings (SSSR count). The van der Waals surface area contributed by atoms with Crippen LogP contribution in [0.5, 0.6) is 0 Å². The summed E-state index contributed by atoms with van der Waals surface area (Å²) in [6, 6.07) is 5.44. The van der Waals surface area contributed by atoms with E-state index in [2.05, 4.69) is 4.72 Å². The van der Waals surface area contributed by atoms with Gasteiger partial charge in [0.15, 0.2) is 0 Å². The van der Waals surface area contributed by atoms with Crippen LogP contribution in [0.4, 0.5) is 0 Å². The second-order valence-corrected chi connectivity index (χ2v) is 8.53. The molecule has 10 heteroatoms. The first-order valence-electron chi connectivity index (χ1n) is 8.44. The molecule has 2 fully saturated rings. The van der Waals surface area contributed by atoms with Crippen LogP contribution in [0.1, 0.15) is 0 Å². The maximum absolute atomic E-state index is 12.5. The minimum absolute atomic E-state index is 0.0133. The van der Waals surface area contributed by atoms with Crippen molar-refractivity contribution in [3.63, 3.8) is 0 Å². The molecule has 0 bridgehead atoms. The Morgan fingerprint density at radius 3 is 2.46 bits per heavy atom. The molecule has 0 aliphatic carbocycles. The SMILES string of the molecule is O=S(=O)(NC[C@@H]1O[C@@H](CO)[C@@H](O)[C@H]1N1CCOCC1)c1ccc(Cl)cc1. The lowest BCUT2D eigenvalue weighted by Gasteiger charge is -2.36. The maximum atomic E-state index is 12.5. The van der Waals surface area contributed by atoms with Gasteiger partial charge in [0.25, 0.3) is 0 Å². The van der Waals surface area contributed by atoms with Gasteiger partial charge in [-0.05, 0) is 24.3 Å². The van der Waals surface area contributed by atoms with Crippen molar-refractivity contribution in [3.8, 4) is 0 Å². The Balaban J connectivity index is 1.70. The Bertz CT molecular complexity index is 695. The molecule has 0 unspecified atom stereocenters. The Labute approximate surface area is 157 Å². The number of benzene rings is 1. The number of nitrogens with zero attached hydrogens (tertiary/aromatic N) is 1. The van der Waals surface area contributed by atoms with Gasteiger partial charge >= 0.3 is 0 Å². The first-order valence-corrected chi connectivity index (χ1v) is 10.3. The number of aliphatic hydroxyl groups excluding tert-OH is 2. The molecule has 2 saturated heterocycles. The number of rotatable bonds is 6. The molecule has 1 aromatic carbocycles. The van der Waals surface area contributed by atoms with E-state index in [0.717, 1.165) is 0 Å². The van der Waals surface area contributed by atoms with Crippen molar-refractivity contribution in [2.75, 3.05) is 39.5 Å². The quantitative estimate of drug-likeness (QED) is 0.581. The molecule has 146 valence electrons. The van der Waals surface area contributed by atoms with Crippen LogP contribution in [-0.4, -0.2) is 87.3 Å². The van der Waals surface area contributed by atoms with Gasteiger partial charge in [0.2, 0.25) is 10.0 Å². The zero-order valence-electron chi connectivity index (χ0n) is 14.1. The summed E-state index contributed by atoms with van der Waals surface area (Å²) >= 11 is 5.79. The van der Waals surface area contributed by atoms with Crippen molar-refractivity contribution in [2.45, 2.75) is 29.2 Å². The average Bonchev–Trinajstić information content (AvgIpc) is 2.97. The number of morpholine rings is 1. The lowest BCUT2D eigenvalue weighted by molar-refractivity contribution is -0.0207. The normalized spacial score (nSPS) is 30.6. The zero-order chi connectivity index (χ0) is 18.7. The molecule has 26 heavy (non-hydrogen) atoms. The third-order valence-corrected chi connectivity index (χ3v) is 6.40. The average molecular weight is 407 g/mol. The van der Waals surface area contributed by atoms with E-state index in [0.29, 0.717) is 31.3 Å². The predicted octanol–water partition coefficient (Wildman–Crippen LogP) is -0.560. The summed E-state index contributed by atoms with van der Waals surface area (Å²) in [7, 11) is -3.74. The van der Waals surface area contributed by atoms with Crippen molar-refractivity contribution in [1.29, 1.82) is 0 Å². The lowest BCUT2D eigenvalue weighted by atomic mass is 10.0. The Morgan fingerprint density at radius 2 is 1.85 bits per heavy atom. The summed E-state index contributed by atoms with van der Waals surface area (Å²) in [4.78, 5) is 2.12. The second-order valence-electron chi connectivity index (χ2n) is 6.33. The second kappa shape index (κ2) is 8.49. The van der Waals surface area contributed by atoms with Gasteiger partial charge in [-0.15, -0.1) is 0 Å². The number of ether oxygens (including phenoxy) is 2. The van der Waals surface area contributed by atoms with E-state index in [1.54, 1.807) is 0 Å². The molecule has 2 aliphatic rings. The van der Waals surface area contributed by atoms with Crippen LogP contribution < -0.4 is 4.72 Å². The molecule has 0 radical (unpaired) electrons. The molecule has 0 saturated carbocycles. The van der Waals surface area contributed by atoms with Crippen molar-refractivity contribution in [3.05, 3.63) is 29.3 Å². The first kappa shape index (κ1) is 20.0. The van der Waals surface area contributed by atoms with Crippen LogP contribution in [0.2, 0.25) is 5.02 Å². The van der Waals surface area contributed by atoms with Crippen LogP contribution in [0.25, 0.3) is 0 Å². The predicted molar refractivity (Wildman–Crippen MR) is 94.6 cm³/mol. The molecule has 0 spiro atoms. The minimum atomic E-state index is -3.74. The summed E-state index contributed by atoms with van der Waals surface area (Å²) in [6.07, 6.45) is -2.22. The fraction of sp³-hybridized carbons (Fsp3) is 0.625. The first-order chi connectivity index (χ1) is 12.4. The van der Waals surface area contributed by atoms with E-state index in [-0.39, 0.29) is 18.0 Å². The van der Waals surface area contributed by atoms with E-state index in [4.69, 9.17) is 21.1 Å². The Hall–Kier alpha value is -0.780. The molecule has 3 N–H and O–H groups in total. The van der Waals surface area contributed by atoms with E-state index in [1.165, 1.54) is 24.3 Å². The van der Waals surface area contributed by atoms with E-state index >= 15 is 0 Å². The molecular weight excluding hydrogens is 384 g/mol. The van der Waals surface area contributed by atoms with Crippen LogP contribution in [-0.2, 0) is 19.5 Å². The Morgan fingerprint density at radius 1 is 1.19 bits per heavy atom. The van der Waals surface area contributed by atoms with E-state index in [9.17, 15) is 18.6 Å². The number of hydrogen-bond acceptors (Lipinski definition) is 7. The van der Waals surface area contributed by atoms with Gasteiger partial charge in [0.1, 0.15) is 12.2 Å². The van der Waals surface area contributed by atoms with Gasteiger partial charge in [0, 0.05) is 24.7 Å². The monoisotopic (exact) mass is 406 g/mol. The highest BCUT2D eigenvalue weighted by Crippen LogP contribution is 2.26.